The van der Waals surface area contributed by atoms with Gasteiger partial charge in [-0.1, -0.05) is 6.58 Å². The molecule has 0 aliphatic rings. The quantitative estimate of drug-likeness (QED) is 0.592. The average Bonchev–Trinajstić information content (AvgIpc) is 2.36. The molecular formula is C8H9FN2. The molecule has 0 fully saturated rings. The predicted octanol–water partition coefficient (Wildman–Crippen LogP) is 1.92. The van der Waals surface area contributed by atoms with Gasteiger partial charge < -0.3 is 0 Å². The summed E-state index contributed by atoms with van der Waals surface area (Å²) in [6, 6.07) is 0. The zero-order valence-corrected chi connectivity index (χ0v) is 6.29. The van der Waals surface area contributed by atoms with E-state index in [0.717, 1.165) is 5.56 Å². The molecule has 0 aliphatic carbocycles. The topological polar surface area (TPSA) is 17.8 Å². The molecular weight excluding hydrogens is 143 g/mol. The van der Waals surface area contributed by atoms with Crippen LogP contribution in [-0.4, -0.2) is 9.78 Å². The highest BCUT2D eigenvalue weighted by Gasteiger charge is 1.96. The Balaban J connectivity index is 2.85. The summed E-state index contributed by atoms with van der Waals surface area (Å²) in [6.45, 7) is 3.65. The summed E-state index contributed by atoms with van der Waals surface area (Å²) in [5, 5.41) is 3.92. The van der Waals surface area contributed by atoms with Gasteiger partial charge >= 0.3 is 0 Å². The molecule has 0 aromatic carbocycles. The van der Waals surface area contributed by atoms with Crippen LogP contribution in [0.15, 0.2) is 31.4 Å². The van der Waals surface area contributed by atoms with Gasteiger partial charge in [0.1, 0.15) is 0 Å². The molecule has 1 heterocycles. The van der Waals surface area contributed by atoms with Crippen molar-refractivity contribution in [1.29, 1.82) is 0 Å². The molecule has 0 radical (unpaired) electrons. The zero-order chi connectivity index (χ0) is 8.27. The van der Waals surface area contributed by atoms with Gasteiger partial charge in [0.25, 0.3) is 0 Å². The summed E-state index contributed by atoms with van der Waals surface area (Å²) in [7, 11) is 1.80. The van der Waals surface area contributed by atoms with Gasteiger partial charge in [0.15, 0.2) is 0 Å². The standard InChI is InChI=1S/C8H9FN2/c1-7(3-4-9)8-5-10-11(2)6-8/h3-6H,1H2,2H3. The molecule has 0 bridgehead atoms. The molecule has 1 aromatic rings. The fraction of sp³-hybridized carbons (Fsp3) is 0.125. The predicted molar refractivity (Wildman–Crippen MR) is 42.5 cm³/mol. The molecule has 1 rings (SSSR count). The van der Waals surface area contributed by atoms with Gasteiger partial charge in [0.2, 0.25) is 0 Å². The highest BCUT2D eigenvalue weighted by atomic mass is 19.1. The minimum absolute atomic E-state index is 0.468. The molecule has 11 heavy (non-hydrogen) atoms. The first-order chi connectivity index (χ1) is 5.24. The third kappa shape index (κ3) is 1.77. The number of hydrogen-bond donors (Lipinski definition) is 0. The Morgan fingerprint density at radius 3 is 3.00 bits per heavy atom. The summed E-state index contributed by atoms with van der Waals surface area (Å²) in [5.41, 5.74) is 1.46. The molecule has 0 spiro atoms. The lowest BCUT2D eigenvalue weighted by molar-refractivity contribution is 0.722. The van der Waals surface area contributed by atoms with Crippen molar-refractivity contribution in [2.75, 3.05) is 0 Å². The van der Waals surface area contributed by atoms with Gasteiger partial charge in [-0.3, -0.25) is 4.68 Å². The maximum absolute atomic E-state index is 11.7. The largest absolute Gasteiger partial charge is 0.275 e. The van der Waals surface area contributed by atoms with Crippen LogP contribution in [0.4, 0.5) is 4.39 Å². The molecule has 0 unspecified atom stereocenters. The summed E-state index contributed by atoms with van der Waals surface area (Å²) in [4.78, 5) is 0. The van der Waals surface area contributed by atoms with Gasteiger partial charge in [0.05, 0.1) is 12.5 Å². The van der Waals surface area contributed by atoms with Crippen LogP contribution in [0.2, 0.25) is 0 Å². The first-order valence-electron chi connectivity index (χ1n) is 3.18. The van der Waals surface area contributed by atoms with Gasteiger partial charge in [-0.25, -0.2) is 4.39 Å². The zero-order valence-electron chi connectivity index (χ0n) is 6.29. The van der Waals surface area contributed by atoms with E-state index in [2.05, 4.69) is 11.7 Å². The van der Waals surface area contributed by atoms with Crippen LogP contribution in [0.3, 0.4) is 0 Å². The maximum atomic E-state index is 11.7. The summed E-state index contributed by atoms with van der Waals surface area (Å²) in [5.74, 6) is 0. The lowest BCUT2D eigenvalue weighted by Gasteiger charge is -1.89. The Labute approximate surface area is 64.6 Å². The fourth-order valence-electron chi connectivity index (χ4n) is 0.759. The van der Waals surface area contributed by atoms with Crippen molar-refractivity contribution >= 4 is 5.57 Å². The normalized spacial score (nSPS) is 10.7. The molecule has 2 nitrogen and oxygen atoms in total. The van der Waals surface area contributed by atoms with Gasteiger partial charge in [-0.05, 0) is 11.6 Å². The van der Waals surface area contributed by atoms with E-state index in [9.17, 15) is 4.39 Å². The Bertz CT molecular complexity index is 286. The molecule has 3 heteroatoms. The lowest BCUT2D eigenvalue weighted by atomic mass is 10.2. The molecule has 0 N–H and O–H groups in total. The first-order valence-corrected chi connectivity index (χ1v) is 3.18. The van der Waals surface area contributed by atoms with Gasteiger partial charge in [-0.2, -0.15) is 5.10 Å². The van der Waals surface area contributed by atoms with Crippen molar-refractivity contribution in [3.63, 3.8) is 0 Å². The van der Waals surface area contributed by atoms with Crippen molar-refractivity contribution in [2.24, 2.45) is 7.05 Å². The monoisotopic (exact) mass is 152 g/mol. The number of nitrogens with zero attached hydrogens (tertiary/aromatic N) is 2. The van der Waals surface area contributed by atoms with Crippen LogP contribution in [-0.2, 0) is 7.05 Å². The summed E-state index contributed by atoms with van der Waals surface area (Å²) in [6.07, 6.45) is 5.19. The van der Waals surface area contributed by atoms with Crippen LogP contribution in [0.1, 0.15) is 5.56 Å². The van der Waals surface area contributed by atoms with E-state index in [1.165, 1.54) is 6.08 Å². The van der Waals surface area contributed by atoms with Gasteiger partial charge in [0, 0.05) is 18.8 Å². The molecule has 0 amide bonds. The van der Waals surface area contributed by atoms with Crippen molar-refractivity contribution in [1.82, 2.24) is 9.78 Å². The second kappa shape index (κ2) is 3.14. The fourth-order valence-corrected chi connectivity index (χ4v) is 0.759. The van der Waals surface area contributed by atoms with Crippen molar-refractivity contribution in [2.45, 2.75) is 0 Å². The van der Waals surface area contributed by atoms with Crippen LogP contribution >= 0.6 is 0 Å². The van der Waals surface area contributed by atoms with Crippen molar-refractivity contribution < 1.29 is 4.39 Å². The van der Waals surface area contributed by atoms with Crippen molar-refractivity contribution in [3.8, 4) is 0 Å². The number of hydrogen-bond acceptors (Lipinski definition) is 1. The summed E-state index contributed by atoms with van der Waals surface area (Å²) < 4.78 is 13.3. The summed E-state index contributed by atoms with van der Waals surface area (Å²) >= 11 is 0. The van der Waals surface area contributed by atoms with E-state index in [0.29, 0.717) is 11.9 Å². The second-order valence-corrected chi connectivity index (χ2v) is 2.22. The number of aromatic nitrogens is 2. The maximum Gasteiger partial charge on any atom is 0.0872 e. The van der Waals surface area contributed by atoms with Crippen LogP contribution in [0, 0.1) is 0 Å². The number of allylic oxidation sites excluding steroid dienone is 2. The second-order valence-electron chi connectivity index (χ2n) is 2.22. The minimum Gasteiger partial charge on any atom is -0.275 e. The Kier molecular flexibility index (Phi) is 2.21. The Morgan fingerprint density at radius 1 is 1.82 bits per heavy atom. The van der Waals surface area contributed by atoms with Gasteiger partial charge in [-0.15, -0.1) is 0 Å². The SMILES string of the molecule is C=C(C=CF)c1cnn(C)c1. The molecule has 0 atom stereocenters. The number of rotatable bonds is 2. The third-order valence-corrected chi connectivity index (χ3v) is 1.34. The Hall–Kier alpha value is -1.38. The van der Waals surface area contributed by atoms with E-state index >= 15 is 0 Å². The van der Waals surface area contributed by atoms with Crippen LogP contribution in [0.5, 0.6) is 0 Å². The highest BCUT2D eigenvalue weighted by Crippen LogP contribution is 2.11. The van der Waals surface area contributed by atoms with Crippen molar-refractivity contribution in [3.05, 3.63) is 36.9 Å². The molecule has 0 saturated carbocycles. The Morgan fingerprint density at radius 2 is 2.55 bits per heavy atom. The average molecular weight is 152 g/mol. The molecule has 0 aliphatic heterocycles. The number of halogens is 1. The van der Waals surface area contributed by atoms with E-state index < -0.39 is 0 Å². The minimum atomic E-state index is 0.468. The van der Waals surface area contributed by atoms with Crippen LogP contribution in [0.25, 0.3) is 5.57 Å². The molecule has 58 valence electrons. The smallest absolute Gasteiger partial charge is 0.0872 e. The molecule has 1 aromatic heterocycles. The number of aryl methyl sites for hydroxylation is 1. The van der Waals surface area contributed by atoms with E-state index in [1.807, 2.05) is 0 Å². The van der Waals surface area contributed by atoms with E-state index in [-0.39, 0.29) is 0 Å². The third-order valence-electron chi connectivity index (χ3n) is 1.34. The lowest BCUT2D eigenvalue weighted by Crippen LogP contribution is -1.84. The van der Waals surface area contributed by atoms with E-state index in [4.69, 9.17) is 0 Å². The molecule has 0 saturated heterocycles. The highest BCUT2D eigenvalue weighted by molar-refractivity contribution is 5.70. The van der Waals surface area contributed by atoms with E-state index in [1.54, 1.807) is 24.1 Å². The first kappa shape index (κ1) is 7.72. The van der Waals surface area contributed by atoms with Crippen LogP contribution < -0.4 is 0 Å².